The van der Waals surface area contributed by atoms with Crippen molar-refractivity contribution in [2.75, 3.05) is 13.1 Å². The van der Waals surface area contributed by atoms with Crippen LogP contribution in [0.5, 0.6) is 5.75 Å². The number of phenols is 1. The van der Waals surface area contributed by atoms with E-state index < -0.39 is 0 Å². The molecule has 0 atom stereocenters. The maximum Gasteiger partial charge on any atom is 0.123 e. The number of benzene rings is 1. The van der Waals surface area contributed by atoms with E-state index in [2.05, 4.69) is 5.32 Å². The SMILES string of the molecule is C1CCNC1.Oc1ccc(F)cc1. The van der Waals surface area contributed by atoms with E-state index in [4.69, 9.17) is 5.11 Å². The number of halogens is 1. The van der Waals surface area contributed by atoms with Crippen LogP contribution in [0, 0.1) is 5.82 Å². The summed E-state index contributed by atoms with van der Waals surface area (Å²) < 4.78 is 12.0. The van der Waals surface area contributed by atoms with Crippen molar-refractivity contribution in [1.29, 1.82) is 0 Å². The highest BCUT2D eigenvalue weighted by Crippen LogP contribution is 2.06. The molecule has 1 aromatic carbocycles. The lowest BCUT2D eigenvalue weighted by atomic mass is 10.3. The number of hydrogen-bond donors (Lipinski definition) is 2. The van der Waals surface area contributed by atoms with Gasteiger partial charge < -0.3 is 10.4 Å². The number of rotatable bonds is 0. The summed E-state index contributed by atoms with van der Waals surface area (Å²) in [7, 11) is 0. The molecule has 0 spiro atoms. The molecule has 0 amide bonds. The quantitative estimate of drug-likeness (QED) is 0.644. The molecule has 2 N–H and O–H groups in total. The number of hydrogen-bond acceptors (Lipinski definition) is 2. The Morgan fingerprint density at radius 1 is 1.08 bits per heavy atom. The lowest BCUT2D eigenvalue weighted by Gasteiger charge is -1.86. The third kappa shape index (κ3) is 4.48. The Balaban J connectivity index is 0.000000145. The third-order valence-corrected chi connectivity index (χ3v) is 1.78. The molecule has 2 nitrogen and oxygen atoms in total. The molecule has 1 fully saturated rings. The zero-order chi connectivity index (χ0) is 9.52. The van der Waals surface area contributed by atoms with Gasteiger partial charge in [-0.3, -0.25) is 0 Å². The summed E-state index contributed by atoms with van der Waals surface area (Å²) in [5, 5.41) is 11.8. The molecule has 1 heterocycles. The highest BCUT2D eigenvalue weighted by Gasteiger charge is 1.93. The van der Waals surface area contributed by atoms with Crippen LogP contribution in [-0.2, 0) is 0 Å². The van der Waals surface area contributed by atoms with Gasteiger partial charge in [0.05, 0.1) is 0 Å². The van der Waals surface area contributed by atoms with E-state index in [1.54, 1.807) is 0 Å². The Morgan fingerprint density at radius 2 is 1.62 bits per heavy atom. The van der Waals surface area contributed by atoms with Crippen molar-refractivity contribution in [2.24, 2.45) is 0 Å². The fourth-order valence-corrected chi connectivity index (χ4v) is 1.07. The Bertz CT molecular complexity index is 203. The van der Waals surface area contributed by atoms with Gasteiger partial charge in [-0.2, -0.15) is 0 Å². The van der Waals surface area contributed by atoms with Crippen molar-refractivity contribution >= 4 is 0 Å². The van der Waals surface area contributed by atoms with Gasteiger partial charge in [0.2, 0.25) is 0 Å². The lowest BCUT2D eigenvalue weighted by molar-refractivity contribution is 0.473. The average molecular weight is 183 g/mol. The van der Waals surface area contributed by atoms with E-state index in [9.17, 15) is 4.39 Å². The highest BCUT2D eigenvalue weighted by atomic mass is 19.1. The first-order valence-electron chi connectivity index (χ1n) is 4.44. The Kier molecular flexibility index (Phi) is 4.26. The van der Waals surface area contributed by atoms with Gasteiger partial charge in [0.15, 0.2) is 0 Å². The van der Waals surface area contributed by atoms with Gasteiger partial charge in [-0.25, -0.2) is 4.39 Å². The minimum atomic E-state index is -0.331. The second kappa shape index (κ2) is 5.54. The van der Waals surface area contributed by atoms with Crippen molar-refractivity contribution in [3.05, 3.63) is 30.1 Å². The van der Waals surface area contributed by atoms with Gasteiger partial charge >= 0.3 is 0 Å². The summed E-state index contributed by atoms with van der Waals surface area (Å²) in [5.41, 5.74) is 0. The molecule has 72 valence electrons. The smallest absolute Gasteiger partial charge is 0.123 e. The standard InChI is InChI=1S/C6H5FO.C4H9N/c7-5-1-3-6(8)4-2-5;1-2-4-5-3-1/h1-4,8H;5H,1-4H2. The first-order valence-corrected chi connectivity index (χ1v) is 4.44. The molecule has 0 saturated carbocycles. The Morgan fingerprint density at radius 3 is 1.92 bits per heavy atom. The number of phenolic OH excluding ortho intramolecular Hbond substituents is 1. The molecule has 2 rings (SSSR count). The van der Waals surface area contributed by atoms with Crippen LogP contribution in [0.3, 0.4) is 0 Å². The van der Waals surface area contributed by atoms with E-state index in [0.29, 0.717) is 0 Å². The second-order valence-electron chi connectivity index (χ2n) is 2.93. The zero-order valence-electron chi connectivity index (χ0n) is 7.46. The van der Waals surface area contributed by atoms with E-state index in [0.717, 1.165) is 0 Å². The first-order chi connectivity index (χ1) is 6.29. The number of aromatic hydroxyl groups is 1. The van der Waals surface area contributed by atoms with Crippen molar-refractivity contribution < 1.29 is 9.50 Å². The lowest BCUT2D eigenvalue weighted by Crippen LogP contribution is -2.03. The number of nitrogens with one attached hydrogen (secondary N) is 1. The first kappa shape index (κ1) is 9.99. The van der Waals surface area contributed by atoms with Crippen LogP contribution in [0.15, 0.2) is 24.3 Å². The molecular weight excluding hydrogens is 169 g/mol. The molecular formula is C10H14FNO. The molecule has 0 radical (unpaired) electrons. The monoisotopic (exact) mass is 183 g/mol. The van der Waals surface area contributed by atoms with E-state index in [1.807, 2.05) is 0 Å². The molecule has 1 saturated heterocycles. The van der Waals surface area contributed by atoms with Crippen LogP contribution in [0.25, 0.3) is 0 Å². The summed E-state index contributed by atoms with van der Waals surface area (Å²) in [6, 6.07) is 5.01. The summed E-state index contributed by atoms with van der Waals surface area (Å²) in [6.07, 6.45) is 2.78. The van der Waals surface area contributed by atoms with Crippen molar-refractivity contribution in [2.45, 2.75) is 12.8 Å². The minimum absolute atomic E-state index is 0.0893. The van der Waals surface area contributed by atoms with Crippen LogP contribution >= 0.6 is 0 Å². The summed E-state index contributed by atoms with van der Waals surface area (Å²) >= 11 is 0. The van der Waals surface area contributed by atoms with Crippen molar-refractivity contribution in [3.63, 3.8) is 0 Å². The van der Waals surface area contributed by atoms with Gasteiger partial charge in [-0.1, -0.05) is 0 Å². The summed E-state index contributed by atoms with van der Waals surface area (Å²) in [4.78, 5) is 0. The van der Waals surface area contributed by atoms with Crippen LogP contribution in [-0.4, -0.2) is 18.2 Å². The highest BCUT2D eigenvalue weighted by molar-refractivity contribution is 5.19. The molecule has 13 heavy (non-hydrogen) atoms. The van der Waals surface area contributed by atoms with Crippen LogP contribution in [0.1, 0.15) is 12.8 Å². The molecule has 0 aromatic heterocycles. The molecule has 3 heteroatoms. The molecule has 1 aliphatic rings. The zero-order valence-corrected chi connectivity index (χ0v) is 7.46. The van der Waals surface area contributed by atoms with Crippen LogP contribution in [0.2, 0.25) is 0 Å². The molecule has 1 aromatic rings. The van der Waals surface area contributed by atoms with Gasteiger partial charge in [-0.05, 0) is 50.2 Å². The fourth-order valence-electron chi connectivity index (χ4n) is 1.07. The largest absolute Gasteiger partial charge is 0.508 e. The van der Waals surface area contributed by atoms with E-state index in [-0.39, 0.29) is 11.6 Å². The predicted octanol–water partition coefficient (Wildman–Crippen LogP) is 1.90. The predicted molar refractivity (Wildman–Crippen MR) is 50.2 cm³/mol. The maximum atomic E-state index is 12.0. The van der Waals surface area contributed by atoms with E-state index >= 15 is 0 Å². The van der Waals surface area contributed by atoms with Gasteiger partial charge in [0, 0.05) is 0 Å². The Hall–Kier alpha value is -1.09. The van der Waals surface area contributed by atoms with Crippen LogP contribution < -0.4 is 5.32 Å². The maximum absolute atomic E-state index is 12.0. The fraction of sp³-hybridized carbons (Fsp3) is 0.400. The van der Waals surface area contributed by atoms with Crippen LogP contribution in [0.4, 0.5) is 4.39 Å². The summed E-state index contributed by atoms with van der Waals surface area (Å²) in [5.74, 6) is -0.241. The van der Waals surface area contributed by atoms with Gasteiger partial charge in [0.25, 0.3) is 0 Å². The molecule has 0 unspecified atom stereocenters. The second-order valence-corrected chi connectivity index (χ2v) is 2.93. The third-order valence-electron chi connectivity index (χ3n) is 1.78. The normalized spacial score (nSPS) is 14.8. The topological polar surface area (TPSA) is 32.3 Å². The Labute approximate surface area is 77.4 Å². The van der Waals surface area contributed by atoms with Crippen molar-refractivity contribution in [3.8, 4) is 5.75 Å². The summed E-state index contributed by atoms with van der Waals surface area (Å²) in [6.45, 7) is 2.50. The minimum Gasteiger partial charge on any atom is -0.508 e. The van der Waals surface area contributed by atoms with E-state index in [1.165, 1.54) is 50.2 Å². The molecule has 0 aliphatic carbocycles. The average Bonchev–Trinajstić information content (AvgIpc) is 2.68. The van der Waals surface area contributed by atoms with Crippen molar-refractivity contribution in [1.82, 2.24) is 5.32 Å². The van der Waals surface area contributed by atoms with Gasteiger partial charge in [-0.15, -0.1) is 0 Å². The van der Waals surface area contributed by atoms with Gasteiger partial charge in [0.1, 0.15) is 11.6 Å². The molecule has 1 aliphatic heterocycles. The molecule has 0 bridgehead atoms.